The molecule has 2 aromatic heterocycles. The summed E-state index contributed by atoms with van der Waals surface area (Å²) >= 11 is 6.72. The number of carbonyl (C=O) groups excluding carboxylic acids is 1. The van der Waals surface area contributed by atoms with Gasteiger partial charge in [-0.05, 0) is 45.0 Å². The summed E-state index contributed by atoms with van der Waals surface area (Å²) in [4.78, 5) is 38.0. The molecule has 2 fully saturated rings. The Kier molecular flexibility index (Phi) is 6.18. The van der Waals surface area contributed by atoms with E-state index in [0.717, 1.165) is 38.2 Å². The lowest BCUT2D eigenvalue weighted by Gasteiger charge is -2.34. The maximum absolute atomic E-state index is 13.5. The van der Waals surface area contributed by atoms with E-state index in [4.69, 9.17) is 17.2 Å². The highest BCUT2D eigenvalue weighted by Crippen LogP contribution is 2.35. The Bertz CT molecular complexity index is 1130. The first kappa shape index (κ1) is 22.0. The molecule has 0 bridgehead atoms. The van der Waals surface area contributed by atoms with Gasteiger partial charge >= 0.3 is 0 Å². The number of hydrogen-bond acceptors (Lipinski definition) is 7. The van der Waals surface area contributed by atoms with Crippen LogP contribution in [0.15, 0.2) is 28.0 Å². The van der Waals surface area contributed by atoms with Crippen molar-refractivity contribution in [3.8, 4) is 0 Å². The SMILES string of the molecule is CC[C@@H](C)N1C(=O)/C(=C/c2c(N3CCN(C)CC3)nc3c(C)cccn3c2=O)SC1=S. The van der Waals surface area contributed by atoms with Crippen molar-refractivity contribution in [3.63, 3.8) is 0 Å². The Morgan fingerprint density at radius 2 is 1.97 bits per heavy atom. The molecule has 2 aliphatic heterocycles. The van der Waals surface area contributed by atoms with Gasteiger partial charge < -0.3 is 9.80 Å². The summed E-state index contributed by atoms with van der Waals surface area (Å²) in [6, 6.07) is 3.81. The summed E-state index contributed by atoms with van der Waals surface area (Å²) in [7, 11) is 2.09. The lowest BCUT2D eigenvalue weighted by Crippen LogP contribution is -2.45. The molecule has 0 radical (unpaired) electrons. The number of carbonyl (C=O) groups is 1. The fourth-order valence-electron chi connectivity index (χ4n) is 3.86. The summed E-state index contributed by atoms with van der Waals surface area (Å²) in [5, 5.41) is 0. The van der Waals surface area contributed by atoms with Gasteiger partial charge in [-0.1, -0.05) is 37.0 Å². The van der Waals surface area contributed by atoms with E-state index in [9.17, 15) is 9.59 Å². The van der Waals surface area contributed by atoms with Crippen molar-refractivity contribution in [2.75, 3.05) is 38.1 Å². The standard InChI is InChI=1S/C22H27N5O2S2/c1-5-15(3)27-21(29)17(31-22(27)30)13-16-19(25-11-9-24(4)10-12-25)23-18-14(2)7-6-8-26(18)20(16)28/h6-8,13,15H,5,9-12H2,1-4H3/b17-13-/t15-/m1/s1. The van der Waals surface area contributed by atoms with E-state index >= 15 is 0 Å². The monoisotopic (exact) mass is 457 g/mol. The third-order valence-corrected chi connectivity index (χ3v) is 7.33. The van der Waals surface area contributed by atoms with Gasteiger partial charge in [-0.25, -0.2) is 4.98 Å². The van der Waals surface area contributed by atoms with E-state index in [1.165, 1.54) is 11.8 Å². The highest BCUT2D eigenvalue weighted by Gasteiger charge is 2.35. The van der Waals surface area contributed by atoms with E-state index < -0.39 is 0 Å². The van der Waals surface area contributed by atoms with Crippen LogP contribution in [0.3, 0.4) is 0 Å². The number of anilines is 1. The van der Waals surface area contributed by atoms with Crippen molar-refractivity contribution in [3.05, 3.63) is 44.7 Å². The van der Waals surface area contributed by atoms with Crippen LogP contribution in [0.4, 0.5) is 5.82 Å². The molecule has 2 aromatic rings. The normalized spacial score (nSPS) is 20.3. The summed E-state index contributed by atoms with van der Waals surface area (Å²) in [6.07, 6.45) is 4.23. The minimum atomic E-state index is -0.170. The third-order valence-electron chi connectivity index (χ3n) is 6.00. The van der Waals surface area contributed by atoms with E-state index in [1.54, 1.807) is 21.6 Å². The van der Waals surface area contributed by atoms with Crippen LogP contribution in [-0.2, 0) is 4.79 Å². The maximum atomic E-state index is 13.5. The average Bonchev–Trinajstić information content (AvgIpc) is 3.03. The fourth-order valence-corrected chi connectivity index (χ4v) is 5.30. The zero-order chi connectivity index (χ0) is 22.3. The summed E-state index contributed by atoms with van der Waals surface area (Å²) in [5.74, 6) is 0.503. The molecule has 31 heavy (non-hydrogen) atoms. The summed E-state index contributed by atoms with van der Waals surface area (Å²) < 4.78 is 2.10. The molecule has 0 aliphatic carbocycles. The van der Waals surface area contributed by atoms with Crippen LogP contribution < -0.4 is 10.5 Å². The van der Waals surface area contributed by atoms with Gasteiger partial charge in [0.1, 0.15) is 15.8 Å². The minimum absolute atomic E-state index is 0.0222. The number of pyridine rings is 1. The van der Waals surface area contributed by atoms with Gasteiger partial charge in [0.15, 0.2) is 0 Å². The molecule has 4 heterocycles. The fraction of sp³-hybridized carbons (Fsp3) is 0.455. The maximum Gasteiger partial charge on any atom is 0.267 e. The molecule has 1 amide bonds. The van der Waals surface area contributed by atoms with Gasteiger partial charge in [-0.3, -0.25) is 18.9 Å². The molecular weight excluding hydrogens is 430 g/mol. The number of aromatic nitrogens is 2. The van der Waals surface area contributed by atoms with E-state index in [1.807, 2.05) is 32.9 Å². The quantitative estimate of drug-likeness (QED) is 0.517. The number of thiocarbonyl (C=S) groups is 1. The van der Waals surface area contributed by atoms with Crippen molar-refractivity contribution in [2.45, 2.75) is 33.2 Å². The Morgan fingerprint density at radius 3 is 2.65 bits per heavy atom. The first-order valence-electron chi connectivity index (χ1n) is 10.5. The van der Waals surface area contributed by atoms with Crippen LogP contribution in [0.5, 0.6) is 0 Å². The molecule has 0 saturated carbocycles. The van der Waals surface area contributed by atoms with Crippen molar-refractivity contribution in [2.24, 2.45) is 0 Å². The lowest BCUT2D eigenvalue weighted by atomic mass is 10.2. The van der Waals surface area contributed by atoms with Crippen molar-refractivity contribution in [1.29, 1.82) is 0 Å². The number of nitrogens with zero attached hydrogens (tertiary/aromatic N) is 5. The lowest BCUT2D eigenvalue weighted by molar-refractivity contribution is -0.123. The smallest absolute Gasteiger partial charge is 0.267 e. The van der Waals surface area contributed by atoms with Crippen LogP contribution in [0.2, 0.25) is 0 Å². The Labute approximate surface area is 191 Å². The van der Waals surface area contributed by atoms with Gasteiger partial charge in [0, 0.05) is 38.4 Å². The van der Waals surface area contributed by atoms with Crippen molar-refractivity contribution in [1.82, 2.24) is 19.2 Å². The molecule has 9 heteroatoms. The Balaban J connectivity index is 1.87. The molecular formula is C22H27N5O2S2. The van der Waals surface area contributed by atoms with E-state index in [-0.39, 0.29) is 17.5 Å². The number of likely N-dealkylation sites (N-methyl/N-ethyl adjacent to an activating group) is 1. The highest BCUT2D eigenvalue weighted by molar-refractivity contribution is 8.26. The van der Waals surface area contributed by atoms with E-state index in [0.29, 0.717) is 26.3 Å². The van der Waals surface area contributed by atoms with Crippen LogP contribution in [-0.4, -0.2) is 68.7 Å². The first-order chi connectivity index (χ1) is 14.8. The molecule has 1 atom stereocenters. The molecule has 0 N–H and O–H groups in total. The average molecular weight is 458 g/mol. The van der Waals surface area contributed by atoms with Gasteiger partial charge in [-0.15, -0.1) is 0 Å². The molecule has 0 aromatic carbocycles. The second-order valence-electron chi connectivity index (χ2n) is 8.14. The van der Waals surface area contributed by atoms with Crippen molar-refractivity contribution < 1.29 is 4.79 Å². The predicted octanol–water partition coefficient (Wildman–Crippen LogP) is 2.75. The van der Waals surface area contributed by atoms with Crippen LogP contribution in [0.1, 0.15) is 31.4 Å². The Morgan fingerprint density at radius 1 is 1.26 bits per heavy atom. The van der Waals surface area contributed by atoms with E-state index in [2.05, 4.69) is 16.8 Å². The second-order valence-corrected chi connectivity index (χ2v) is 9.81. The largest absolute Gasteiger partial charge is 0.353 e. The van der Waals surface area contributed by atoms with Crippen LogP contribution in [0, 0.1) is 6.92 Å². The molecule has 2 aliphatic rings. The number of hydrogen-bond donors (Lipinski definition) is 0. The topological polar surface area (TPSA) is 61.2 Å². The second kappa shape index (κ2) is 8.72. The number of piperazine rings is 1. The van der Waals surface area contributed by atoms with Gasteiger partial charge in [0.05, 0.1) is 10.5 Å². The zero-order valence-electron chi connectivity index (χ0n) is 18.3. The molecule has 164 valence electrons. The van der Waals surface area contributed by atoms with Gasteiger partial charge in [0.2, 0.25) is 0 Å². The van der Waals surface area contributed by atoms with Crippen LogP contribution >= 0.6 is 24.0 Å². The summed E-state index contributed by atoms with van der Waals surface area (Å²) in [6.45, 7) is 9.31. The van der Waals surface area contributed by atoms with Gasteiger partial charge in [0.25, 0.3) is 11.5 Å². The first-order valence-corrected chi connectivity index (χ1v) is 11.8. The number of fused-ring (bicyclic) bond motifs is 1. The predicted molar refractivity (Wildman–Crippen MR) is 131 cm³/mol. The Hall–Kier alpha value is -2.23. The summed E-state index contributed by atoms with van der Waals surface area (Å²) in [5.41, 5.74) is 1.85. The number of thioether (sulfide) groups is 1. The zero-order valence-corrected chi connectivity index (χ0v) is 19.9. The third kappa shape index (κ3) is 4.02. The highest BCUT2D eigenvalue weighted by atomic mass is 32.2. The number of amides is 1. The molecule has 4 rings (SSSR count). The number of rotatable bonds is 4. The molecule has 0 unspecified atom stereocenters. The van der Waals surface area contributed by atoms with Crippen molar-refractivity contribution >= 4 is 51.7 Å². The number of aryl methyl sites for hydroxylation is 1. The molecule has 0 spiro atoms. The van der Waals surface area contributed by atoms with Crippen LogP contribution in [0.25, 0.3) is 11.7 Å². The minimum Gasteiger partial charge on any atom is -0.353 e. The van der Waals surface area contributed by atoms with Gasteiger partial charge in [-0.2, -0.15) is 0 Å². The molecule has 7 nitrogen and oxygen atoms in total. The molecule has 2 saturated heterocycles.